The van der Waals surface area contributed by atoms with Gasteiger partial charge in [-0.1, -0.05) is 44.2 Å². The standard InChI is InChI=1S/C27H34N2O5/c1-5-28(6-2)16-11-17-29-24(21-14-8-9-15-22(21)33-4)23(26(31)27(29)32)25(30)19-12-10-13-20(18-19)34-7-3/h8-10,12-15,18,24,30H,5-7,11,16-17H2,1-4H3/b25-23+. The number of ether oxygens (including phenoxy) is 2. The maximum absolute atomic E-state index is 13.2. The molecule has 1 amide bonds. The summed E-state index contributed by atoms with van der Waals surface area (Å²) in [4.78, 5) is 30.2. The van der Waals surface area contributed by atoms with Crippen LogP contribution in [0.5, 0.6) is 11.5 Å². The minimum Gasteiger partial charge on any atom is -0.507 e. The molecule has 7 nitrogen and oxygen atoms in total. The van der Waals surface area contributed by atoms with Crippen molar-refractivity contribution in [2.24, 2.45) is 0 Å². The van der Waals surface area contributed by atoms with Crippen molar-refractivity contribution >= 4 is 17.4 Å². The van der Waals surface area contributed by atoms with Gasteiger partial charge in [0.05, 0.1) is 25.3 Å². The molecule has 1 aliphatic heterocycles. The molecule has 0 aliphatic carbocycles. The molecule has 1 atom stereocenters. The Balaban J connectivity index is 2.08. The summed E-state index contributed by atoms with van der Waals surface area (Å²) < 4.78 is 11.1. The number of ketones is 1. The molecule has 182 valence electrons. The molecule has 1 N–H and O–H groups in total. The fourth-order valence-electron chi connectivity index (χ4n) is 4.39. The van der Waals surface area contributed by atoms with Crippen molar-refractivity contribution in [2.45, 2.75) is 33.2 Å². The number of aliphatic hydroxyl groups excluding tert-OH is 1. The molecule has 0 bridgehead atoms. The molecule has 0 radical (unpaired) electrons. The van der Waals surface area contributed by atoms with Gasteiger partial charge in [-0.2, -0.15) is 0 Å². The quantitative estimate of drug-likeness (QED) is 0.303. The van der Waals surface area contributed by atoms with Crippen molar-refractivity contribution in [3.8, 4) is 11.5 Å². The van der Waals surface area contributed by atoms with Gasteiger partial charge < -0.3 is 24.4 Å². The molecule has 1 saturated heterocycles. The lowest BCUT2D eigenvalue weighted by molar-refractivity contribution is -0.140. The van der Waals surface area contributed by atoms with Gasteiger partial charge in [0, 0.05) is 17.7 Å². The van der Waals surface area contributed by atoms with Gasteiger partial charge in [-0.3, -0.25) is 9.59 Å². The molecule has 0 spiro atoms. The predicted molar refractivity (Wildman–Crippen MR) is 132 cm³/mol. The number of carbonyl (C=O) groups excluding carboxylic acids is 2. The lowest BCUT2D eigenvalue weighted by Crippen LogP contribution is -2.33. The number of methoxy groups -OCH3 is 1. The van der Waals surface area contributed by atoms with Crippen LogP contribution in [-0.4, -0.2) is 66.5 Å². The first-order valence-corrected chi connectivity index (χ1v) is 11.8. The highest BCUT2D eigenvalue weighted by atomic mass is 16.5. The topological polar surface area (TPSA) is 79.3 Å². The highest BCUT2D eigenvalue weighted by Gasteiger charge is 2.46. The van der Waals surface area contributed by atoms with Gasteiger partial charge in [0.25, 0.3) is 11.7 Å². The molecular weight excluding hydrogens is 432 g/mol. The molecule has 3 rings (SSSR count). The van der Waals surface area contributed by atoms with E-state index in [1.165, 1.54) is 0 Å². The lowest BCUT2D eigenvalue weighted by Gasteiger charge is -2.27. The third-order valence-corrected chi connectivity index (χ3v) is 6.16. The van der Waals surface area contributed by atoms with Crippen LogP contribution in [0.25, 0.3) is 5.76 Å². The Morgan fingerprint density at radius 1 is 1.06 bits per heavy atom. The summed E-state index contributed by atoms with van der Waals surface area (Å²) in [7, 11) is 1.55. The van der Waals surface area contributed by atoms with Crippen molar-refractivity contribution in [3.05, 3.63) is 65.2 Å². The van der Waals surface area contributed by atoms with Crippen molar-refractivity contribution in [1.82, 2.24) is 9.80 Å². The molecule has 2 aromatic rings. The fraction of sp³-hybridized carbons (Fsp3) is 0.407. The zero-order valence-electron chi connectivity index (χ0n) is 20.4. The predicted octanol–water partition coefficient (Wildman–Crippen LogP) is 4.25. The molecule has 2 aromatic carbocycles. The number of carbonyl (C=O) groups is 2. The van der Waals surface area contributed by atoms with Crippen LogP contribution in [0, 0.1) is 0 Å². The monoisotopic (exact) mass is 466 g/mol. The number of hydrogen-bond acceptors (Lipinski definition) is 6. The summed E-state index contributed by atoms with van der Waals surface area (Å²) in [5.41, 5.74) is 1.15. The lowest BCUT2D eigenvalue weighted by atomic mass is 9.94. The average Bonchev–Trinajstić information content (AvgIpc) is 3.11. The van der Waals surface area contributed by atoms with E-state index < -0.39 is 17.7 Å². The van der Waals surface area contributed by atoms with E-state index in [1.807, 2.05) is 25.1 Å². The zero-order chi connectivity index (χ0) is 24.7. The molecule has 1 fully saturated rings. The van der Waals surface area contributed by atoms with Crippen LogP contribution >= 0.6 is 0 Å². The Hall–Kier alpha value is -3.32. The number of aliphatic hydroxyl groups is 1. The molecule has 34 heavy (non-hydrogen) atoms. The van der Waals surface area contributed by atoms with E-state index in [-0.39, 0.29) is 11.3 Å². The third-order valence-electron chi connectivity index (χ3n) is 6.16. The largest absolute Gasteiger partial charge is 0.507 e. The number of likely N-dealkylation sites (tertiary alicyclic amines) is 1. The summed E-state index contributed by atoms with van der Waals surface area (Å²) in [5.74, 6) is -0.399. The van der Waals surface area contributed by atoms with E-state index in [2.05, 4.69) is 18.7 Å². The van der Waals surface area contributed by atoms with Crippen molar-refractivity contribution < 1.29 is 24.2 Å². The minimum absolute atomic E-state index is 0.0611. The SMILES string of the molecule is CCOc1cccc(/C(O)=C2\C(=O)C(=O)N(CCCN(CC)CC)C2c2ccccc2OC)c1. The molecular formula is C27H34N2O5. The number of rotatable bonds is 11. The maximum Gasteiger partial charge on any atom is 0.295 e. The van der Waals surface area contributed by atoms with E-state index in [0.29, 0.717) is 42.2 Å². The van der Waals surface area contributed by atoms with Crippen molar-refractivity contribution in [2.75, 3.05) is 39.9 Å². The van der Waals surface area contributed by atoms with E-state index in [9.17, 15) is 14.7 Å². The van der Waals surface area contributed by atoms with Crippen LogP contribution in [0.1, 0.15) is 44.4 Å². The number of amides is 1. The third kappa shape index (κ3) is 5.25. The summed E-state index contributed by atoms with van der Waals surface area (Å²) in [6, 6.07) is 13.4. The van der Waals surface area contributed by atoms with E-state index >= 15 is 0 Å². The molecule has 0 saturated carbocycles. The van der Waals surface area contributed by atoms with Gasteiger partial charge in [-0.25, -0.2) is 0 Å². The van der Waals surface area contributed by atoms with Crippen LogP contribution < -0.4 is 9.47 Å². The number of hydrogen-bond donors (Lipinski definition) is 1. The fourth-order valence-corrected chi connectivity index (χ4v) is 4.39. The first kappa shape index (κ1) is 25.3. The molecule has 7 heteroatoms. The Kier molecular flexibility index (Phi) is 8.71. The smallest absolute Gasteiger partial charge is 0.295 e. The van der Waals surface area contributed by atoms with Crippen LogP contribution in [0.15, 0.2) is 54.1 Å². The van der Waals surface area contributed by atoms with Gasteiger partial charge in [0.15, 0.2) is 0 Å². The average molecular weight is 467 g/mol. The Morgan fingerprint density at radius 3 is 2.47 bits per heavy atom. The van der Waals surface area contributed by atoms with Crippen LogP contribution in [0.3, 0.4) is 0 Å². The molecule has 1 unspecified atom stereocenters. The van der Waals surface area contributed by atoms with E-state index in [1.54, 1.807) is 42.3 Å². The summed E-state index contributed by atoms with van der Waals surface area (Å²) in [6.07, 6.45) is 0.709. The normalized spacial score (nSPS) is 17.4. The van der Waals surface area contributed by atoms with Gasteiger partial charge >= 0.3 is 0 Å². The second-order valence-corrected chi connectivity index (χ2v) is 8.08. The van der Waals surface area contributed by atoms with E-state index in [4.69, 9.17) is 9.47 Å². The highest BCUT2D eigenvalue weighted by molar-refractivity contribution is 6.46. The number of benzene rings is 2. The number of para-hydroxylation sites is 1. The number of Topliss-reactive ketones (excluding diaryl/α,β-unsaturated/α-hetero) is 1. The van der Waals surface area contributed by atoms with Gasteiger partial charge in [-0.05, 0) is 51.2 Å². The van der Waals surface area contributed by atoms with E-state index in [0.717, 1.165) is 19.6 Å². The highest BCUT2D eigenvalue weighted by Crippen LogP contribution is 2.42. The molecule has 0 aromatic heterocycles. The Morgan fingerprint density at radius 2 is 1.79 bits per heavy atom. The second-order valence-electron chi connectivity index (χ2n) is 8.08. The molecule has 1 aliphatic rings. The summed E-state index contributed by atoms with van der Waals surface area (Å²) >= 11 is 0. The van der Waals surface area contributed by atoms with Crippen molar-refractivity contribution in [3.63, 3.8) is 0 Å². The van der Waals surface area contributed by atoms with Crippen molar-refractivity contribution in [1.29, 1.82) is 0 Å². The maximum atomic E-state index is 13.2. The zero-order valence-corrected chi connectivity index (χ0v) is 20.4. The van der Waals surface area contributed by atoms with Gasteiger partial charge in [0.1, 0.15) is 17.3 Å². The van der Waals surface area contributed by atoms with Crippen LogP contribution in [-0.2, 0) is 9.59 Å². The number of nitrogens with zero attached hydrogens (tertiary/aromatic N) is 2. The summed E-state index contributed by atoms with van der Waals surface area (Å²) in [6.45, 7) is 9.58. The Labute approximate surface area is 201 Å². The first-order valence-electron chi connectivity index (χ1n) is 11.8. The van der Waals surface area contributed by atoms with Crippen LogP contribution in [0.2, 0.25) is 0 Å². The second kappa shape index (κ2) is 11.7. The van der Waals surface area contributed by atoms with Gasteiger partial charge in [0.2, 0.25) is 0 Å². The molecule has 1 heterocycles. The van der Waals surface area contributed by atoms with Gasteiger partial charge in [-0.15, -0.1) is 0 Å². The summed E-state index contributed by atoms with van der Waals surface area (Å²) in [5, 5.41) is 11.3. The Bertz CT molecular complexity index is 1040. The minimum atomic E-state index is -0.747. The van der Waals surface area contributed by atoms with Crippen LogP contribution in [0.4, 0.5) is 0 Å². The first-order chi connectivity index (χ1) is 16.5.